The van der Waals surface area contributed by atoms with Crippen LogP contribution in [0.5, 0.6) is 11.5 Å². The van der Waals surface area contributed by atoms with Crippen LogP contribution in [0.15, 0.2) is 18.2 Å². The Hall–Kier alpha value is -1.75. The number of ether oxygens (including phenoxy) is 2. The lowest BCUT2D eigenvalue weighted by Gasteiger charge is -2.13. The predicted molar refractivity (Wildman–Crippen MR) is 64.9 cm³/mol. The van der Waals surface area contributed by atoms with Crippen LogP contribution in [0.4, 0.5) is 0 Å². The van der Waals surface area contributed by atoms with Gasteiger partial charge < -0.3 is 20.9 Å². The van der Waals surface area contributed by atoms with Gasteiger partial charge in [0.25, 0.3) is 0 Å². The molecule has 94 valence electrons. The van der Waals surface area contributed by atoms with Gasteiger partial charge in [0.2, 0.25) is 5.91 Å². The van der Waals surface area contributed by atoms with E-state index in [2.05, 4.69) is 0 Å². The van der Waals surface area contributed by atoms with Gasteiger partial charge in [-0.25, -0.2) is 0 Å². The lowest BCUT2D eigenvalue weighted by atomic mass is 10.1. The Morgan fingerprint density at radius 2 is 2.12 bits per heavy atom. The third-order valence-corrected chi connectivity index (χ3v) is 2.32. The molecule has 0 aliphatic rings. The van der Waals surface area contributed by atoms with Gasteiger partial charge in [0.15, 0.2) is 11.5 Å². The quantitative estimate of drug-likeness (QED) is 0.773. The molecule has 17 heavy (non-hydrogen) atoms. The molecule has 0 aliphatic heterocycles. The van der Waals surface area contributed by atoms with E-state index in [0.29, 0.717) is 11.5 Å². The first-order valence-corrected chi connectivity index (χ1v) is 5.39. The maximum absolute atomic E-state index is 10.6. The van der Waals surface area contributed by atoms with Crippen molar-refractivity contribution in [3.63, 3.8) is 0 Å². The van der Waals surface area contributed by atoms with Crippen LogP contribution in [-0.2, 0) is 4.79 Å². The Kier molecular flexibility index (Phi) is 4.78. The molecule has 5 nitrogen and oxygen atoms in total. The van der Waals surface area contributed by atoms with Gasteiger partial charge in [0, 0.05) is 6.04 Å². The predicted octanol–water partition coefficient (Wildman–Crippen LogP) is 0.969. The largest absolute Gasteiger partial charge is 0.493 e. The van der Waals surface area contributed by atoms with Crippen LogP contribution >= 0.6 is 0 Å². The summed E-state index contributed by atoms with van der Waals surface area (Å²) < 4.78 is 10.6. The van der Waals surface area contributed by atoms with Gasteiger partial charge in [0.1, 0.15) is 0 Å². The molecule has 0 spiro atoms. The summed E-state index contributed by atoms with van der Waals surface area (Å²) in [4.78, 5) is 10.6. The van der Waals surface area contributed by atoms with E-state index in [1.807, 2.05) is 19.1 Å². The molecule has 1 aromatic rings. The summed E-state index contributed by atoms with van der Waals surface area (Å²) in [5, 5.41) is 0. The second-order valence-corrected chi connectivity index (χ2v) is 3.76. The van der Waals surface area contributed by atoms with Gasteiger partial charge in [0.05, 0.1) is 20.1 Å². The fourth-order valence-electron chi connectivity index (χ4n) is 1.35. The monoisotopic (exact) mass is 238 g/mol. The van der Waals surface area contributed by atoms with E-state index >= 15 is 0 Å². The van der Waals surface area contributed by atoms with Crippen LogP contribution in [-0.4, -0.2) is 19.6 Å². The average molecular weight is 238 g/mol. The van der Waals surface area contributed by atoms with E-state index in [1.54, 1.807) is 13.2 Å². The molecule has 0 aromatic heterocycles. The zero-order valence-corrected chi connectivity index (χ0v) is 10.1. The standard InChI is InChI=1S/C12H18N2O3/c1-8(13)9-3-4-10(11(7-9)16-2)17-6-5-12(14)15/h3-4,7-8H,5-6,13H2,1-2H3,(H2,14,15)/t8-/m1/s1. The van der Waals surface area contributed by atoms with Crippen LogP contribution < -0.4 is 20.9 Å². The van der Waals surface area contributed by atoms with E-state index in [1.165, 1.54) is 0 Å². The minimum absolute atomic E-state index is 0.0661. The molecule has 0 aliphatic carbocycles. The Morgan fingerprint density at radius 1 is 1.41 bits per heavy atom. The topological polar surface area (TPSA) is 87.6 Å². The lowest BCUT2D eigenvalue weighted by Crippen LogP contribution is -2.14. The summed E-state index contributed by atoms with van der Waals surface area (Å²) in [5.74, 6) is 0.790. The van der Waals surface area contributed by atoms with Gasteiger partial charge in [-0.05, 0) is 24.6 Å². The first-order valence-electron chi connectivity index (χ1n) is 5.39. The fraction of sp³-hybridized carbons (Fsp3) is 0.417. The van der Waals surface area contributed by atoms with Gasteiger partial charge >= 0.3 is 0 Å². The van der Waals surface area contributed by atoms with Gasteiger partial charge in [-0.1, -0.05) is 6.07 Å². The molecule has 0 radical (unpaired) electrons. The highest BCUT2D eigenvalue weighted by Crippen LogP contribution is 2.29. The molecule has 0 saturated carbocycles. The molecule has 0 unspecified atom stereocenters. The zero-order chi connectivity index (χ0) is 12.8. The van der Waals surface area contributed by atoms with E-state index in [-0.39, 0.29) is 19.1 Å². The number of hydrogen-bond donors (Lipinski definition) is 2. The Morgan fingerprint density at radius 3 is 2.65 bits per heavy atom. The minimum atomic E-state index is -0.392. The molecular weight excluding hydrogens is 220 g/mol. The number of rotatable bonds is 6. The maximum Gasteiger partial charge on any atom is 0.220 e. The van der Waals surface area contributed by atoms with E-state index in [4.69, 9.17) is 20.9 Å². The zero-order valence-electron chi connectivity index (χ0n) is 10.1. The lowest BCUT2D eigenvalue weighted by molar-refractivity contribution is -0.118. The number of hydrogen-bond acceptors (Lipinski definition) is 4. The molecular formula is C12H18N2O3. The number of nitrogens with two attached hydrogens (primary N) is 2. The van der Waals surface area contributed by atoms with Crippen molar-refractivity contribution in [2.45, 2.75) is 19.4 Å². The van der Waals surface area contributed by atoms with Crippen LogP contribution in [0.3, 0.4) is 0 Å². The molecule has 1 atom stereocenters. The van der Waals surface area contributed by atoms with Crippen molar-refractivity contribution in [2.75, 3.05) is 13.7 Å². The number of amides is 1. The summed E-state index contributed by atoms with van der Waals surface area (Å²) in [5.41, 5.74) is 11.8. The minimum Gasteiger partial charge on any atom is -0.493 e. The SMILES string of the molecule is COc1cc([C@@H](C)N)ccc1OCCC(N)=O. The van der Waals surface area contributed by atoms with Gasteiger partial charge in [-0.15, -0.1) is 0 Å². The molecule has 1 amide bonds. The summed E-state index contributed by atoms with van der Waals surface area (Å²) in [6, 6.07) is 5.40. The molecule has 0 heterocycles. The van der Waals surface area contributed by atoms with Crippen molar-refractivity contribution in [3.8, 4) is 11.5 Å². The Labute approximate surface area is 101 Å². The number of primary amides is 1. The molecule has 1 rings (SSSR count). The van der Waals surface area contributed by atoms with Crippen molar-refractivity contribution >= 4 is 5.91 Å². The Balaban J connectivity index is 2.74. The summed E-state index contributed by atoms with van der Waals surface area (Å²) >= 11 is 0. The van der Waals surface area contributed by atoms with Gasteiger partial charge in [-0.3, -0.25) is 4.79 Å². The molecule has 5 heteroatoms. The van der Waals surface area contributed by atoms with Crippen LogP contribution in [0.25, 0.3) is 0 Å². The van der Waals surface area contributed by atoms with Crippen LogP contribution in [0.1, 0.15) is 24.9 Å². The molecule has 0 bridgehead atoms. The second-order valence-electron chi connectivity index (χ2n) is 3.76. The van der Waals surface area contributed by atoms with Crippen LogP contribution in [0, 0.1) is 0 Å². The normalized spacial score (nSPS) is 11.9. The second kappa shape index (κ2) is 6.10. The molecule has 4 N–H and O–H groups in total. The van der Waals surface area contributed by atoms with Crippen molar-refractivity contribution in [2.24, 2.45) is 11.5 Å². The van der Waals surface area contributed by atoms with Crippen molar-refractivity contribution < 1.29 is 14.3 Å². The summed E-state index contributed by atoms with van der Waals surface area (Å²) in [7, 11) is 1.56. The number of carbonyl (C=O) groups is 1. The van der Waals surface area contributed by atoms with Gasteiger partial charge in [-0.2, -0.15) is 0 Å². The third-order valence-electron chi connectivity index (χ3n) is 2.32. The fourth-order valence-corrected chi connectivity index (χ4v) is 1.35. The average Bonchev–Trinajstić information content (AvgIpc) is 2.28. The Bertz CT molecular complexity index is 391. The number of methoxy groups -OCH3 is 1. The molecule has 0 fully saturated rings. The first-order chi connectivity index (χ1) is 8.04. The summed E-state index contributed by atoms with van der Waals surface area (Å²) in [6.07, 6.45) is 0.179. The van der Waals surface area contributed by atoms with Crippen molar-refractivity contribution in [1.29, 1.82) is 0 Å². The third kappa shape index (κ3) is 3.96. The van der Waals surface area contributed by atoms with E-state index in [9.17, 15) is 4.79 Å². The van der Waals surface area contributed by atoms with Crippen LogP contribution in [0.2, 0.25) is 0 Å². The highest BCUT2D eigenvalue weighted by atomic mass is 16.5. The first kappa shape index (κ1) is 13.3. The smallest absolute Gasteiger partial charge is 0.220 e. The number of carbonyl (C=O) groups excluding carboxylic acids is 1. The van der Waals surface area contributed by atoms with Crippen molar-refractivity contribution in [3.05, 3.63) is 23.8 Å². The number of benzene rings is 1. The molecule has 1 aromatic carbocycles. The highest BCUT2D eigenvalue weighted by molar-refractivity contribution is 5.73. The van der Waals surface area contributed by atoms with E-state index in [0.717, 1.165) is 5.56 Å². The molecule has 0 saturated heterocycles. The van der Waals surface area contributed by atoms with Crippen molar-refractivity contribution in [1.82, 2.24) is 0 Å². The summed E-state index contributed by atoms with van der Waals surface area (Å²) in [6.45, 7) is 2.13. The maximum atomic E-state index is 10.6. The highest BCUT2D eigenvalue weighted by Gasteiger charge is 2.08. The van der Waals surface area contributed by atoms with E-state index < -0.39 is 5.91 Å².